The van der Waals surface area contributed by atoms with Gasteiger partial charge in [0.1, 0.15) is 0 Å². The molecule has 8 heteroatoms. The topological polar surface area (TPSA) is 46.9 Å². The van der Waals surface area contributed by atoms with Crippen molar-refractivity contribution in [3.05, 3.63) is 47.3 Å². The minimum Gasteiger partial charge on any atom is -0.353 e. The van der Waals surface area contributed by atoms with Crippen molar-refractivity contribution in [2.24, 2.45) is 0 Å². The molecule has 0 aliphatic heterocycles. The van der Waals surface area contributed by atoms with Gasteiger partial charge in [-0.3, -0.25) is 9.48 Å². The molecule has 0 unspecified atom stereocenters. The van der Waals surface area contributed by atoms with Crippen LogP contribution in [0.4, 0.5) is 13.2 Å². The second kappa shape index (κ2) is 7.95. The Morgan fingerprint density at radius 3 is 2.48 bits per heavy atom. The first-order valence-corrected chi connectivity index (χ1v) is 8.67. The van der Waals surface area contributed by atoms with Gasteiger partial charge in [-0.05, 0) is 39.0 Å². The van der Waals surface area contributed by atoms with Crippen LogP contribution in [-0.4, -0.2) is 27.5 Å². The highest BCUT2D eigenvalue weighted by Crippen LogP contribution is 2.28. The lowest BCUT2D eigenvalue weighted by molar-refractivity contribution is -0.141. The number of rotatable bonds is 6. The molecule has 0 saturated heterocycles. The molecule has 0 fully saturated rings. The normalized spacial score (nSPS) is 12.9. The molecule has 1 amide bonds. The predicted molar refractivity (Wildman–Crippen MR) is 91.5 cm³/mol. The lowest BCUT2D eigenvalue weighted by atomic mass is 10.2. The largest absolute Gasteiger partial charge is 0.435 e. The number of amides is 1. The molecule has 4 nitrogen and oxygen atoms in total. The summed E-state index contributed by atoms with van der Waals surface area (Å²) < 4.78 is 39.1. The van der Waals surface area contributed by atoms with E-state index in [4.69, 9.17) is 0 Å². The maximum absolute atomic E-state index is 12.6. The van der Waals surface area contributed by atoms with Gasteiger partial charge in [-0.2, -0.15) is 18.3 Å². The number of aryl methyl sites for hydroxylation is 2. The molecule has 0 bridgehead atoms. The molecule has 25 heavy (non-hydrogen) atoms. The number of aromatic nitrogens is 2. The van der Waals surface area contributed by atoms with E-state index in [2.05, 4.69) is 10.4 Å². The van der Waals surface area contributed by atoms with Crippen LogP contribution in [0.25, 0.3) is 0 Å². The Balaban J connectivity index is 1.83. The summed E-state index contributed by atoms with van der Waals surface area (Å²) in [7, 11) is 0. The molecule has 1 atom stereocenters. The van der Waals surface area contributed by atoms with Crippen LogP contribution < -0.4 is 5.32 Å². The highest BCUT2D eigenvalue weighted by atomic mass is 32.2. The van der Waals surface area contributed by atoms with E-state index >= 15 is 0 Å². The van der Waals surface area contributed by atoms with E-state index in [0.717, 1.165) is 16.5 Å². The van der Waals surface area contributed by atoms with E-state index in [0.29, 0.717) is 5.69 Å². The van der Waals surface area contributed by atoms with E-state index in [1.807, 2.05) is 31.2 Å². The van der Waals surface area contributed by atoms with Crippen molar-refractivity contribution >= 4 is 17.7 Å². The Hall–Kier alpha value is -1.96. The molecular weight excluding hydrogens is 351 g/mol. The zero-order valence-corrected chi connectivity index (χ0v) is 15.0. The second-order valence-electron chi connectivity index (χ2n) is 5.76. The molecule has 0 spiro atoms. The van der Waals surface area contributed by atoms with Gasteiger partial charge in [0.15, 0.2) is 5.69 Å². The zero-order chi connectivity index (χ0) is 18.6. The maximum Gasteiger partial charge on any atom is 0.435 e. The summed E-state index contributed by atoms with van der Waals surface area (Å²) in [5, 5.41) is 5.97. The molecule has 1 N–H and O–H groups in total. The minimum atomic E-state index is -4.46. The van der Waals surface area contributed by atoms with Crippen LogP contribution in [0.3, 0.4) is 0 Å². The van der Waals surface area contributed by atoms with Gasteiger partial charge in [-0.25, -0.2) is 0 Å². The molecule has 1 aromatic heterocycles. The van der Waals surface area contributed by atoms with Crippen molar-refractivity contribution in [3.8, 4) is 0 Å². The molecular formula is C17H20F3N3OS. The Kier molecular flexibility index (Phi) is 6.16. The highest BCUT2D eigenvalue weighted by Gasteiger charge is 2.34. The van der Waals surface area contributed by atoms with Crippen molar-refractivity contribution < 1.29 is 18.0 Å². The lowest BCUT2D eigenvalue weighted by Crippen LogP contribution is -2.33. The highest BCUT2D eigenvalue weighted by molar-refractivity contribution is 8.00. The van der Waals surface area contributed by atoms with Gasteiger partial charge in [0.25, 0.3) is 0 Å². The van der Waals surface area contributed by atoms with Crippen LogP contribution >= 0.6 is 11.8 Å². The number of carbonyl (C=O) groups is 1. The van der Waals surface area contributed by atoms with Gasteiger partial charge >= 0.3 is 6.18 Å². The lowest BCUT2D eigenvalue weighted by Gasteiger charge is -2.12. The molecule has 0 saturated carbocycles. The fraction of sp³-hybridized carbons (Fsp3) is 0.412. The van der Waals surface area contributed by atoms with E-state index in [1.54, 1.807) is 13.8 Å². The third kappa shape index (κ3) is 5.52. The Labute approximate surface area is 148 Å². The molecule has 0 aliphatic rings. The van der Waals surface area contributed by atoms with Crippen molar-refractivity contribution in [1.29, 1.82) is 0 Å². The van der Waals surface area contributed by atoms with Crippen LogP contribution in [0.5, 0.6) is 0 Å². The number of nitrogens with one attached hydrogen (secondary N) is 1. The SMILES string of the molecule is Cc1ccc(S[C@H](C)C(=O)NCCn2nc(C(F)(F)F)cc2C)cc1. The van der Waals surface area contributed by atoms with Gasteiger partial charge in [0.05, 0.1) is 11.8 Å². The van der Waals surface area contributed by atoms with E-state index in [9.17, 15) is 18.0 Å². The first kappa shape index (κ1) is 19.4. The number of hydrogen-bond acceptors (Lipinski definition) is 3. The summed E-state index contributed by atoms with van der Waals surface area (Å²) in [6, 6.07) is 8.86. The van der Waals surface area contributed by atoms with E-state index < -0.39 is 11.9 Å². The molecule has 1 heterocycles. The van der Waals surface area contributed by atoms with E-state index in [-0.39, 0.29) is 24.2 Å². The minimum absolute atomic E-state index is 0.161. The molecule has 1 aromatic carbocycles. The van der Waals surface area contributed by atoms with Crippen LogP contribution in [0.1, 0.15) is 23.9 Å². The molecule has 136 valence electrons. The van der Waals surface area contributed by atoms with Crippen LogP contribution in [0.15, 0.2) is 35.2 Å². The molecule has 2 rings (SSSR count). The van der Waals surface area contributed by atoms with Gasteiger partial charge in [-0.15, -0.1) is 11.8 Å². The standard InChI is InChI=1S/C17H20F3N3OS/c1-11-4-6-14(7-5-11)25-13(3)16(24)21-8-9-23-12(2)10-15(22-23)17(18,19)20/h4-7,10,13H,8-9H2,1-3H3,(H,21,24)/t13-/m1/s1. The summed E-state index contributed by atoms with van der Waals surface area (Å²) in [6.45, 7) is 5.75. The number of nitrogens with zero attached hydrogens (tertiary/aromatic N) is 2. The first-order chi connectivity index (χ1) is 11.7. The first-order valence-electron chi connectivity index (χ1n) is 7.79. The summed E-state index contributed by atoms with van der Waals surface area (Å²) in [4.78, 5) is 13.1. The summed E-state index contributed by atoms with van der Waals surface area (Å²) >= 11 is 1.43. The quantitative estimate of drug-likeness (QED) is 0.786. The average Bonchev–Trinajstić information content (AvgIpc) is 2.91. The van der Waals surface area contributed by atoms with Crippen LogP contribution in [-0.2, 0) is 17.5 Å². The molecule has 0 radical (unpaired) electrons. The Morgan fingerprint density at radius 1 is 1.28 bits per heavy atom. The maximum atomic E-state index is 12.6. The number of hydrogen-bond donors (Lipinski definition) is 1. The van der Waals surface area contributed by atoms with Gasteiger partial charge < -0.3 is 5.32 Å². The fourth-order valence-electron chi connectivity index (χ4n) is 2.18. The third-order valence-electron chi connectivity index (χ3n) is 3.60. The van der Waals surface area contributed by atoms with Crippen molar-refractivity contribution in [2.75, 3.05) is 6.54 Å². The van der Waals surface area contributed by atoms with E-state index in [1.165, 1.54) is 16.4 Å². The fourth-order valence-corrected chi connectivity index (χ4v) is 3.07. The number of benzene rings is 1. The smallest absolute Gasteiger partial charge is 0.353 e. The third-order valence-corrected chi connectivity index (χ3v) is 4.71. The number of thioether (sulfide) groups is 1. The van der Waals surface area contributed by atoms with Crippen molar-refractivity contribution in [2.45, 2.75) is 43.6 Å². The average molecular weight is 371 g/mol. The van der Waals surface area contributed by atoms with Crippen molar-refractivity contribution in [1.82, 2.24) is 15.1 Å². The Morgan fingerprint density at radius 2 is 1.92 bits per heavy atom. The van der Waals surface area contributed by atoms with Gasteiger partial charge in [-0.1, -0.05) is 17.7 Å². The number of halogens is 3. The Bertz CT molecular complexity index is 726. The monoisotopic (exact) mass is 371 g/mol. The summed E-state index contributed by atoms with van der Waals surface area (Å²) in [5.41, 5.74) is 0.637. The summed E-state index contributed by atoms with van der Waals surface area (Å²) in [6.07, 6.45) is -4.46. The van der Waals surface area contributed by atoms with Gasteiger partial charge in [0, 0.05) is 17.1 Å². The van der Waals surface area contributed by atoms with Crippen molar-refractivity contribution in [3.63, 3.8) is 0 Å². The van der Waals surface area contributed by atoms with Crippen LogP contribution in [0, 0.1) is 13.8 Å². The predicted octanol–water partition coefficient (Wildman–Crippen LogP) is 3.82. The number of carbonyl (C=O) groups excluding carboxylic acids is 1. The van der Waals surface area contributed by atoms with Gasteiger partial charge in [0.2, 0.25) is 5.91 Å². The summed E-state index contributed by atoms with van der Waals surface area (Å²) in [5.74, 6) is -0.161. The number of alkyl halides is 3. The molecule has 0 aliphatic carbocycles. The second-order valence-corrected chi connectivity index (χ2v) is 7.17. The van der Waals surface area contributed by atoms with Crippen LogP contribution in [0.2, 0.25) is 0 Å². The molecule has 2 aromatic rings. The zero-order valence-electron chi connectivity index (χ0n) is 14.2.